The molecule has 0 saturated carbocycles. The van der Waals surface area contributed by atoms with Gasteiger partial charge in [-0.05, 0) is 30.7 Å². The molecular weight excluding hydrogens is 258 g/mol. The van der Waals surface area contributed by atoms with Crippen molar-refractivity contribution in [3.8, 4) is 5.75 Å². The number of pyridine rings is 1. The van der Waals surface area contributed by atoms with Gasteiger partial charge in [-0.1, -0.05) is 39.3 Å². The summed E-state index contributed by atoms with van der Waals surface area (Å²) in [5, 5.41) is 1.68. The van der Waals surface area contributed by atoms with E-state index in [9.17, 15) is 0 Å². The second kappa shape index (κ2) is 5.38. The molecule has 0 amide bonds. The van der Waals surface area contributed by atoms with E-state index < -0.39 is 0 Å². The van der Waals surface area contributed by atoms with Crippen LogP contribution in [0.15, 0.2) is 24.3 Å². The monoisotopic (exact) mass is 277 g/mol. The number of fused-ring (bicyclic) bond motifs is 1. The van der Waals surface area contributed by atoms with Crippen LogP contribution < -0.4 is 4.74 Å². The van der Waals surface area contributed by atoms with Crippen LogP contribution in [-0.2, 0) is 5.41 Å². The van der Waals surface area contributed by atoms with E-state index in [-0.39, 0.29) is 5.41 Å². The highest BCUT2D eigenvalue weighted by Gasteiger charge is 2.17. The fourth-order valence-corrected chi connectivity index (χ4v) is 2.11. The fraction of sp³-hybridized carbons (Fsp3) is 0.438. The summed E-state index contributed by atoms with van der Waals surface area (Å²) in [5.41, 5.74) is 1.92. The first-order valence-electron chi connectivity index (χ1n) is 6.65. The molecule has 3 heteroatoms. The second-order valence-electron chi connectivity index (χ2n) is 5.77. The Hall–Kier alpha value is -1.28. The highest BCUT2D eigenvalue weighted by atomic mass is 35.5. The molecule has 0 aliphatic rings. The molecule has 2 aromatic rings. The Morgan fingerprint density at radius 3 is 2.58 bits per heavy atom. The molecule has 1 heterocycles. The summed E-state index contributed by atoms with van der Waals surface area (Å²) in [7, 11) is 0. The van der Waals surface area contributed by atoms with Gasteiger partial charge in [-0.15, -0.1) is 0 Å². The first kappa shape index (κ1) is 14.1. The number of aromatic nitrogens is 1. The van der Waals surface area contributed by atoms with Crippen LogP contribution in [0.5, 0.6) is 5.75 Å². The normalized spacial score (nSPS) is 11.8. The molecule has 0 fully saturated rings. The van der Waals surface area contributed by atoms with Crippen LogP contribution in [0, 0.1) is 0 Å². The quantitative estimate of drug-likeness (QED) is 0.790. The van der Waals surface area contributed by atoms with Gasteiger partial charge in [0.15, 0.2) is 0 Å². The number of ether oxygens (including phenoxy) is 1. The number of halogens is 1. The van der Waals surface area contributed by atoms with Crippen molar-refractivity contribution in [2.24, 2.45) is 0 Å². The molecule has 0 N–H and O–H groups in total. The van der Waals surface area contributed by atoms with Crippen molar-refractivity contribution in [3.05, 3.63) is 35.0 Å². The molecule has 2 rings (SSSR count). The molecule has 0 spiro atoms. The van der Waals surface area contributed by atoms with E-state index in [2.05, 4.69) is 32.7 Å². The highest BCUT2D eigenvalue weighted by molar-refractivity contribution is 6.35. The lowest BCUT2D eigenvalue weighted by molar-refractivity contribution is 0.318. The highest BCUT2D eigenvalue weighted by Crippen LogP contribution is 2.31. The van der Waals surface area contributed by atoms with Crippen LogP contribution in [-0.4, -0.2) is 11.6 Å². The minimum Gasteiger partial charge on any atom is -0.494 e. The van der Waals surface area contributed by atoms with Gasteiger partial charge in [-0.25, -0.2) is 0 Å². The molecule has 0 aliphatic heterocycles. The maximum atomic E-state index is 6.38. The lowest BCUT2D eigenvalue weighted by Gasteiger charge is -2.19. The average molecular weight is 278 g/mol. The Kier molecular flexibility index (Phi) is 4.00. The lowest BCUT2D eigenvalue weighted by Crippen LogP contribution is -2.13. The second-order valence-corrected chi connectivity index (χ2v) is 6.17. The van der Waals surface area contributed by atoms with E-state index in [0.717, 1.165) is 40.4 Å². The van der Waals surface area contributed by atoms with Crippen molar-refractivity contribution in [2.75, 3.05) is 6.61 Å². The van der Waals surface area contributed by atoms with Crippen molar-refractivity contribution in [1.82, 2.24) is 4.98 Å². The van der Waals surface area contributed by atoms with E-state index in [4.69, 9.17) is 16.3 Å². The van der Waals surface area contributed by atoms with Gasteiger partial charge in [-0.3, -0.25) is 4.98 Å². The molecule has 102 valence electrons. The van der Waals surface area contributed by atoms with Crippen molar-refractivity contribution in [1.29, 1.82) is 0 Å². The van der Waals surface area contributed by atoms with E-state index in [1.165, 1.54) is 0 Å². The first-order chi connectivity index (χ1) is 8.91. The molecular formula is C16H20ClNO. The zero-order chi connectivity index (χ0) is 14.0. The molecule has 2 nitrogen and oxygen atoms in total. The van der Waals surface area contributed by atoms with Gasteiger partial charge in [0.25, 0.3) is 0 Å². The third-order valence-corrected chi connectivity index (χ3v) is 3.28. The van der Waals surface area contributed by atoms with Crippen LogP contribution in [0.1, 0.15) is 39.8 Å². The standard InChI is InChI=1S/C16H20ClNO/c1-5-8-19-11-6-7-14-12(9-11)13(17)10-15(18-14)16(2,3)4/h6-7,9-10H,5,8H2,1-4H3. The average Bonchev–Trinajstić information content (AvgIpc) is 2.35. The van der Waals surface area contributed by atoms with Gasteiger partial charge in [0.05, 0.1) is 17.1 Å². The van der Waals surface area contributed by atoms with E-state index in [0.29, 0.717) is 0 Å². The molecule has 1 aromatic heterocycles. The summed E-state index contributed by atoms with van der Waals surface area (Å²) < 4.78 is 5.63. The van der Waals surface area contributed by atoms with E-state index >= 15 is 0 Å². The summed E-state index contributed by atoms with van der Waals surface area (Å²) >= 11 is 6.38. The van der Waals surface area contributed by atoms with E-state index in [1.54, 1.807) is 0 Å². The molecule has 0 radical (unpaired) electrons. The zero-order valence-corrected chi connectivity index (χ0v) is 12.7. The number of rotatable bonds is 3. The third-order valence-electron chi connectivity index (χ3n) is 2.97. The molecule has 0 saturated heterocycles. The molecule has 19 heavy (non-hydrogen) atoms. The molecule has 0 bridgehead atoms. The van der Waals surface area contributed by atoms with Gasteiger partial charge in [0.1, 0.15) is 5.75 Å². The molecule has 0 aliphatic carbocycles. The van der Waals surface area contributed by atoms with Crippen LogP contribution >= 0.6 is 11.6 Å². The first-order valence-corrected chi connectivity index (χ1v) is 7.03. The minimum atomic E-state index is -0.00475. The SMILES string of the molecule is CCCOc1ccc2nc(C(C)(C)C)cc(Cl)c2c1. The predicted molar refractivity (Wildman–Crippen MR) is 81.2 cm³/mol. The van der Waals surface area contributed by atoms with Crippen LogP contribution in [0.3, 0.4) is 0 Å². The molecule has 0 unspecified atom stereocenters. The molecule has 0 atom stereocenters. The van der Waals surface area contributed by atoms with Gasteiger partial charge < -0.3 is 4.74 Å². The Balaban J connectivity index is 2.48. The number of hydrogen-bond acceptors (Lipinski definition) is 2. The smallest absolute Gasteiger partial charge is 0.120 e. The van der Waals surface area contributed by atoms with Gasteiger partial charge in [-0.2, -0.15) is 0 Å². The number of benzene rings is 1. The number of hydrogen-bond donors (Lipinski definition) is 0. The summed E-state index contributed by atoms with van der Waals surface area (Å²) in [6.07, 6.45) is 0.993. The third kappa shape index (κ3) is 3.19. The number of nitrogens with zero attached hydrogens (tertiary/aromatic N) is 1. The maximum absolute atomic E-state index is 6.38. The van der Waals surface area contributed by atoms with Crippen LogP contribution in [0.4, 0.5) is 0 Å². The Morgan fingerprint density at radius 1 is 1.21 bits per heavy atom. The van der Waals surface area contributed by atoms with E-state index in [1.807, 2.05) is 24.3 Å². The Bertz CT molecular complexity index is 587. The van der Waals surface area contributed by atoms with Gasteiger partial charge in [0.2, 0.25) is 0 Å². The lowest BCUT2D eigenvalue weighted by atomic mass is 9.91. The summed E-state index contributed by atoms with van der Waals surface area (Å²) in [5.74, 6) is 0.849. The topological polar surface area (TPSA) is 22.1 Å². The van der Waals surface area contributed by atoms with Crippen molar-refractivity contribution < 1.29 is 4.74 Å². The summed E-state index contributed by atoms with van der Waals surface area (Å²) in [6.45, 7) is 9.21. The summed E-state index contributed by atoms with van der Waals surface area (Å²) in [4.78, 5) is 4.69. The Labute approximate surface area is 119 Å². The van der Waals surface area contributed by atoms with Crippen molar-refractivity contribution in [3.63, 3.8) is 0 Å². The van der Waals surface area contributed by atoms with Gasteiger partial charge >= 0.3 is 0 Å². The van der Waals surface area contributed by atoms with Crippen molar-refractivity contribution >= 4 is 22.5 Å². The van der Waals surface area contributed by atoms with Gasteiger partial charge in [0, 0.05) is 16.5 Å². The fourth-order valence-electron chi connectivity index (χ4n) is 1.86. The van der Waals surface area contributed by atoms with Crippen LogP contribution in [0.2, 0.25) is 5.02 Å². The zero-order valence-electron chi connectivity index (χ0n) is 12.0. The largest absolute Gasteiger partial charge is 0.494 e. The van der Waals surface area contributed by atoms with Crippen LogP contribution in [0.25, 0.3) is 10.9 Å². The summed E-state index contributed by atoms with van der Waals surface area (Å²) in [6, 6.07) is 7.84. The minimum absolute atomic E-state index is 0.00475. The molecule has 1 aromatic carbocycles. The predicted octanol–water partition coefficient (Wildman–Crippen LogP) is 4.97. The Morgan fingerprint density at radius 2 is 1.95 bits per heavy atom. The maximum Gasteiger partial charge on any atom is 0.120 e. The van der Waals surface area contributed by atoms with Crippen molar-refractivity contribution in [2.45, 2.75) is 39.5 Å².